The van der Waals surface area contributed by atoms with Crippen LogP contribution in [0.2, 0.25) is 0 Å². The number of alkyl carbamates (subject to hydrolysis) is 1. The first-order chi connectivity index (χ1) is 10.2. The third kappa shape index (κ3) is 7.27. The molecular weight excluding hydrogens is 344 g/mol. The van der Waals surface area contributed by atoms with Crippen LogP contribution in [0.3, 0.4) is 0 Å². The minimum atomic E-state index is -0.313. The van der Waals surface area contributed by atoms with Crippen molar-refractivity contribution in [3.05, 3.63) is 35.9 Å². The van der Waals surface area contributed by atoms with Crippen LogP contribution in [-0.2, 0) is 11.2 Å². The molecule has 22 heavy (non-hydrogen) atoms. The van der Waals surface area contributed by atoms with Crippen molar-refractivity contribution in [1.29, 1.82) is 0 Å². The molecule has 0 bridgehead atoms. The summed E-state index contributed by atoms with van der Waals surface area (Å²) >= 11 is 0. The molecule has 1 aromatic carbocycles. The largest absolute Gasteiger partial charge is 1.00 e. The van der Waals surface area contributed by atoms with Gasteiger partial charge in [-0.15, -0.1) is 0 Å². The number of hydrogen-bond acceptors (Lipinski definition) is 2. The van der Waals surface area contributed by atoms with E-state index in [-0.39, 0.29) is 23.1 Å². The van der Waals surface area contributed by atoms with Crippen LogP contribution in [0, 0.1) is 0 Å². The summed E-state index contributed by atoms with van der Waals surface area (Å²) in [6.45, 7) is 11.8. The van der Waals surface area contributed by atoms with Gasteiger partial charge in [0.1, 0.15) is 13.2 Å². The first kappa shape index (κ1) is 20.9. The van der Waals surface area contributed by atoms with Gasteiger partial charge in [-0.25, -0.2) is 4.79 Å². The van der Waals surface area contributed by atoms with E-state index in [0.29, 0.717) is 13.2 Å². The Morgan fingerprint density at radius 3 is 2.23 bits per heavy atom. The molecular formula is C17H29BrN2O2. The van der Waals surface area contributed by atoms with Gasteiger partial charge in [-0.05, 0) is 32.8 Å². The van der Waals surface area contributed by atoms with Gasteiger partial charge in [-0.2, -0.15) is 0 Å². The molecule has 0 fully saturated rings. The summed E-state index contributed by atoms with van der Waals surface area (Å²) in [5, 5.41) is 2.80. The van der Waals surface area contributed by atoms with E-state index in [0.717, 1.165) is 37.1 Å². The summed E-state index contributed by atoms with van der Waals surface area (Å²) in [7, 11) is 0. The van der Waals surface area contributed by atoms with E-state index in [4.69, 9.17) is 4.74 Å². The normalized spacial score (nSPS) is 10.7. The SMILES string of the molecule is CC[N+](CC)(CC)CCOC(=O)NCCc1ccccc1.[Br-]. The summed E-state index contributed by atoms with van der Waals surface area (Å²) in [6.07, 6.45) is 0.516. The zero-order valence-corrected chi connectivity index (χ0v) is 15.6. The van der Waals surface area contributed by atoms with Crippen LogP contribution in [0.1, 0.15) is 26.3 Å². The van der Waals surface area contributed by atoms with Crippen molar-refractivity contribution in [3.8, 4) is 0 Å². The van der Waals surface area contributed by atoms with E-state index in [9.17, 15) is 4.79 Å². The Morgan fingerprint density at radius 1 is 1.09 bits per heavy atom. The van der Waals surface area contributed by atoms with Gasteiger partial charge in [0.05, 0.1) is 19.6 Å². The number of hydrogen-bond donors (Lipinski definition) is 1. The lowest BCUT2D eigenvalue weighted by molar-refractivity contribution is -0.923. The van der Waals surface area contributed by atoms with Crippen molar-refractivity contribution in [2.45, 2.75) is 27.2 Å². The first-order valence-electron chi connectivity index (χ1n) is 7.95. The third-order valence-corrected chi connectivity index (χ3v) is 4.34. The Labute approximate surface area is 145 Å². The molecule has 0 atom stereocenters. The molecule has 0 unspecified atom stereocenters. The first-order valence-corrected chi connectivity index (χ1v) is 7.95. The van der Waals surface area contributed by atoms with E-state index >= 15 is 0 Å². The molecule has 1 aromatic rings. The zero-order valence-electron chi connectivity index (χ0n) is 14.0. The standard InChI is InChI=1S/C17H28N2O2.BrH/c1-4-19(5-2,6-3)14-15-21-17(20)18-13-12-16-10-8-7-9-11-16;/h7-11H,4-6,12-15H2,1-3H3;1H. The van der Waals surface area contributed by atoms with Gasteiger partial charge in [0, 0.05) is 6.54 Å². The van der Waals surface area contributed by atoms with Crippen LogP contribution in [0.5, 0.6) is 0 Å². The van der Waals surface area contributed by atoms with Gasteiger partial charge < -0.3 is 31.5 Å². The lowest BCUT2D eigenvalue weighted by Gasteiger charge is -2.35. The zero-order chi connectivity index (χ0) is 15.6. The summed E-state index contributed by atoms with van der Waals surface area (Å²) < 4.78 is 6.27. The Bertz CT molecular complexity index is 400. The molecule has 0 radical (unpaired) electrons. The van der Waals surface area contributed by atoms with Crippen molar-refractivity contribution in [2.75, 3.05) is 39.3 Å². The van der Waals surface area contributed by atoms with Gasteiger partial charge in [0.2, 0.25) is 0 Å². The quantitative estimate of drug-likeness (QED) is 0.611. The molecule has 0 aromatic heterocycles. The summed E-state index contributed by atoms with van der Waals surface area (Å²) in [4.78, 5) is 11.6. The monoisotopic (exact) mass is 372 g/mol. The number of nitrogens with zero attached hydrogens (tertiary/aromatic N) is 1. The number of ether oxygens (including phenoxy) is 1. The van der Waals surface area contributed by atoms with E-state index in [1.807, 2.05) is 18.2 Å². The molecule has 0 spiro atoms. The second kappa shape index (κ2) is 11.5. The van der Waals surface area contributed by atoms with Gasteiger partial charge in [0.15, 0.2) is 0 Å². The average Bonchev–Trinajstić information content (AvgIpc) is 2.53. The van der Waals surface area contributed by atoms with Gasteiger partial charge >= 0.3 is 6.09 Å². The lowest BCUT2D eigenvalue weighted by atomic mass is 10.1. The van der Waals surface area contributed by atoms with Crippen molar-refractivity contribution in [1.82, 2.24) is 5.32 Å². The molecule has 1 N–H and O–H groups in total. The summed E-state index contributed by atoms with van der Waals surface area (Å²) in [6, 6.07) is 10.1. The van der Waals surface area contributed by atoms with Crippen molar-refractivity contribution < 1.29 is 31.0 Å². The second-order valence-electron chi connectivity index (χ2n) is 5.31. The Kier molecular flexibility index (Phi) is 10.9. The molecule has 0 aliphatic rings. The minimum Gasteiger partial charge on any atom is -1.00 e. The van der Waals surface area contributed by atoms with Crippen molar-refractivity contribution in [2.24, 2.45) is 0 Å². The fourth-order valence-electron chi connectivity index (χ4n) is 2.48. The van der Waals surface area contributed by atoms with Crippen LogP contribution in [0.25, 0.3) is 0 Å². The number of halogens is 1. The highest BCUT2D eigenvalue weighted by Crippen LogP contribution is 2.05. The highest BCUT2D eigenvalue weighted by atomic mass is 79.9. The lowest BCUT2D eigenvalue weighted by Crippen LogP contribution is -3.00. The molecule has 1 amide bonds. The Hall–Kier alpha value is -1.07. The average molecular weight is 373 g/mol. The Morgan fingerprint density at radius 2 is 1.68 bits per heavy atom. The number of benzene rings is 1. The van der Waals surface area contributed by atoms with Crippen LogP contribution in [0.15, 0.2) is 30.3 Å². The summed E-state index contributed by atoms with van der Waals surface area (Å²) in [5.74, 6) is 0. The van der Waals surface area contributed by atoms with Crippen LogP contribution in [0.4, 0.5) is 4.79 Å². The maximum atomic E-state index is 11.6. The third-order valence-electron chi connectivity index (χ3n) is 4.34. The fourth-order valence-corrected chi connectivity index (χ4v) is 2.48. The van der Waals surface area contributed by atoms with E-state index < -0.39 is 0 Å². The van der Waals surface area contributed by atoms with Crippen molar-refractivity contribution >= 4 is 6.09 Å². The smallest absolute Gasteiger partial charge is 0.407 e. The van der Waals surface area contributed by atoms with Crippen LogP contribution >= 0.6 is 0 Å². The molecule has 0 heterocycles. The molecule has 0 aliphatic heterocycles. The second-order valence-corrected chi connectivity index (χ2v) is 5.31. The molecule has 1 rings (SSSR count). The summed E-state index contributed by atoms with van der Waals surface area (Å²) in [5.41, 5.74) is 1.22. The topological polar surface area (TPSA) is 38.3 Å². The molecule has 0 saturated heterocycles. The number of carbonyl (C=O) groups is 1. The predicted molar refractivity (Wildman–Crippen MR) is 86.2 cm³/mol. The highest BCUT2D eigenvalue weighted by Gasteiger charge is 2.20. The van der Waals surface area contributed by atoms with Crippen LogP contribution in [-0.4, -0.2) is 49.9 Å². The molecule has 0 saturated carbocycles. The number of amides is 1. The van der Waals surface area contributed by atoms with Gasteiger partial charge in [-0.1, -0.05) is 30.3 Å². The predicted octanol–water partition coefficient (Wildman–Crippen LogP) is -0.164. The van der Waals surface area contributed by atoms with E-state index in [1.54, 1.807) is 0 Å². The molecule has 5 heteroatoms. The maximum absolute atomic E-state index is 11.6. The van der Waals surface area contributed by atoms with Crippen molar-refractivity contribution in [3.63, 3.8) is 0 Å². The number of likely N-dealkylation sites (N-methyl/N-ethyl adjacent to an activating group) is 1. The minimum absolute atomic E-state index is 0. The number of carbonyl (C=O) groups excluding carboxylic acids is 1. The highest BCUT2D eigenvalue weighted by molar-refractivity contribution is 5.67. The molecule has 0 aliphatic carbocycles. The molecule has 126 valence electrons. The van der Waals surface area contributed by atoms with Crippen LogP contribution < -0.4 is 22.3 Å². The Balaban J connectivity index is 0.00000441. The van der Waals surface area contributed by atoms with Gasteiger partial charge in [0.25, 0.3) is 0 Å². The van der Waals surface area contributed by atoms with E-state index in [1.165, 1.54) is 5.56 Å². The fraction of sp³-hybridized carbons (Fsp3) is 0.588. The number of rotatable bonds is 9. The number of quaternary nitrogens is 1. The van der Waals surface area contributed by atoms with E-state index in [2.05, 4.69) is 38.2 Å². The van der Waals surface area contributed by atoms with Gasteiger partial charge in [-0.3, -0.25) is 0 Å². The number of nitrogens with one attached hydrogen (secondary N) is 1. The molecule has 4 nitrogen and oxygen atoms in total. The maximum Gasteiger partial charge on any atom is 0.407 e.